The van der Waals surface area contributed by atoms with Gasteiger partial charge < -0.3 is 0 Å². The van der Waals surface area contributed by atoms with E-state index in [4.69, 9.17) is 11.6 Å². The maximum atomic E-state index is 14.8. The van der Waals surface area contributed by atoms with E-state index in [2.05, 4.69) is 4.72 Å². The predicted octanol–water partition coefficient (Wildman–Crippen LogP) is 4.03. The Hall–Kier alpha value is -1.55. The molecule has 0 amide bonds. The number of rotatable bonds is 6. The van der Waals surface area contributed by atoms with Crippen LogP contribution in [-0.4, -0.2) is 29.6 Å². The van der Waals surface area contributed by atoms with Gasteiger partial charge in [-0.25, -0.2) is 30.3 Å². The Balaban J connectivity index is 2.03. The van der Waals surface area contributed by atoms with Crippen molar-refractivity contribution in [1.82, 2.24) is 4.72 Å². The SMILES string of the molecule is CS(=O)(=O)NCC1CCC(c2cc(F)ccc2F)(S(=O)(=O)c2ccc(Cl)cc2)CC1. The molecule has 0 radical (unpaired) electrons. The highest BCUT2D eigenvalue weighted by Gasteiger charge is 2.50. The number of hydrogen-bond acceptors (Lipinski definition) is 4. The van der Waals surface area contributed by atoms with Gasteiger partial charge in [-0.15, -0.1) is 0 Å². The quantitative estimate of drug-likeness (QED) is 0.681. The molecule has 1 aliphatic carbocycles. The Bertz CT molecular complexity index is 1130. The third-order valence-electron chi connectivity index (χ3n) is 5.60. The minimum absolute atomic E-state index is 0.0247. The van der Waals surface area contributed by atoms with E-state index in [0.717, 1.165) is 24.5 Å². The fraction of sp³-hybridized carbons (Fsp3) is 0.400. The van der Waals surface area contributed by atoms with Crippen molar-refractivity contribution in [2.75, 3.05) is 12.8 Å². The summed E-state index contributed by atoms with van der Waals surface area (Å²) < 4.78 is 79.6. The molecule has 2 aromatic rings. The summed E-state index contributed by atoms with van der Waals surface area (Å²) in [5.41, 5.74) is -0.202. The summed E-state index contributed by atoms with van der Waals surface area (Å²) in [5, 5.41) is 0.357. The van der Waals surface area contributed by atoms with Crippen LogP contribution in [0.1, 0.15) is 31.2 Å². The molecule has 0 saturated heterocycles. The zero-order chi connectivity index (χ0) is 22.2. The monoisotopic (exact) mass is 477 g/mol. The highest BCUT2D eigenvalue weighted by Crippen LogP contribution is 2.49. The number of hydrogen-bond donors (Lipinski definition) is 1. The minimum Gasteiger partial charge on any atom is -0.223 e. The largest absolute Gasteiger partial charge is 0.223 e. The molecule has 1 N–H and O–H groups in total. The fourth-order valence-electron chi connectivity index (χ4n) is 3.99. The average Bonchev–Trinajstić information content (AvgIpc) is 2.68. The second-order valence-corrected chi connectivity index (χ2v) is 12.2. The van der Waals surface area contributed by atoms with Crippen LogP contribution in [0.5, 0.6) is 0 Å². The van der Waals surface area contributed by atoms with Gasteiger partial charge in [0.2, 0.25) is 10.0 Å². The lowest BCUT2D eigenvalue weighted by Crippen LogP contribution is -2.42. The molecule has 1 fully saturated rings. The first-order valence-electron chi connectivity index (χ1n) is 9.35. The molecule has 3 rings (SSSR count). The van der Waals surface area contributed by atoms with Gasteiger partial charge >= 0.3 is 0 Å². The third-order valence-corrected chi connectivity index (χ3v) is 9.10. The maximum Gasteiger partial charge on any atom is 0.208 e. The molecule has 1 aliphatic rings. The molecule has 10 heteroatoms. The van der Waals surface area contributed by atoms with Crippen LogP contribution in [0.15, 0.2) is 47.4 Å². The van der Waals surface area contributed by atoms with E-state index >= 15 is 0 Å². The summed E-state index contributed by atoms with van der Waals surface area (Å²) >= 11 is 5.88. The van der Waals surface area contributed by atoms with Crippen molar-refractivity contribution in [1.29, 1.82) is 0 Å². The number of nitrogens with one attached hydrogen (secondary N) is 1. The van der Waals surface area contributed by atoms with Crippen molar-refractivity contribution in [3.63, 3.8) is 0 Å². The molecular formula is C20H22ClF2NO4S2. The molecule has 0 atom stereocenters. The smallest absolute Gasteiger partial charge is 0.208 e. The number of halogens is 3. The highest BCUT2D eigenvalue weighted by molar-refractivity contribution is 7.92. The molecule has 2 aromatic carbocycles. The Labute approximate surface area is 180 Å². The van der Waals surface area contributed by atoms with Gasteiger partial charge in [-0.2, -0.15) is 0 Å². The first-order chi connectivity index (χ1) is 13.9. The molecule has 0 aromatic heterocycles. The van der Waals surface area contributed by atoms with Gasteiger partial charge in [-0.1, -0.05) is 11.6 Å². The summed E-state index contributed by atoms with van der Waals surface area (Å²) in [7, 11) is -7.49. The third kappa shape index (κ3) is 4.69. The summed E-state index contributed by atoms with van der Waals surface area (Å²) in [6.45, 7) is 0.168. The van der Waals surface area contributed by atoms with E-state index in [0.29, 0.717) is 17.9 Å². The molecule has 5 nitrogen and oxygen atoms in total. The normalized spacial score (nSPS) is 22.7. The lowest BCUT2D eigenvalue weighted by Gasteiger charge is -2.40. The zero-order valence-corrected chi connectivity index (χ0v) is 18.6. The van der Waals surface area contributed by atoms with Gasteiger partial charge in [0.1, 0.15) is 16.4 Å². The van der Waals surface area contributed by atoms with Crippen molar-refractivity contribution in [3.8, 4) is 0 Å². The van der Waals surface area contributed by atoms with Gasteiger partial charge in [0, 0.05) is 17.1 Å². The van der Waals surface area contributed by atoms with Crippen LogP contribution in [-0.2, 0) is 24.6 Å². The van der Waals surface area contributed by atoms with Crippen molar-refractivity contribution in [2.24, 2.45) is 5.92 Å². The lowest BCUT2D eigenvalue weighted by atomic mass is 9.77. The first-order valence-corrected chi connectivity index (χ1v) is 13.1. The van der Waals surface area contributed by atoms with Crippen molar-refractivity contribution in [2.45, 2.75) is 35.3 Å². The Morgan fingerprint density at radius 1 is 1.03 bits per heavy atom. The summed E-state index contributed by atoms with van der Waals surface area (Å²) in [6, 6.07) is 8.40. The maximum absolute atomic E-state index is 14.8. The van der Waals surface area contributed by atoms with E-state index in [1.165, 1.54) is 24.3 Å². The average molecular weight is 478 g/mol. The van der Waals surface area contributed by atoms with Gasteiger partial charge in [0.05, 0.1) is 11.2 Å². The lowest BCUT2D eigenvalue weighted by molar-refractivity contribution is 0.286. The molecule has 0 spiro atoms. The van der Waals surface area contributed by atoms with E-state index in [1.807, 2.05) is 0 Å². The Morgan fingerprint density at radius 2 is 1.63 bits per heavy atom. The van der Waals surface area contributed by atoms with Crippen molar-refractivity contribution < 1.29 is 25.6 Å². The highest BCUT2D eigenvalue weighted by atomic mass is 35.5. The molecule has 0 heterocycles. The topological polar surface area (TPSA) is 80.3 Å². The number of benzene rings is 2. The fourth-order valence-corrected chi connectivity index (χ4v) is 6.82. The molecule has 0 aliphatic heterocycles. The van der Waals surface area contributed by atoms with Crippen LogP contribution in [0.4, 0.5) is 8.78 Å². The molecule has 0 bridgehead atoms. The van der Waals surface area contributed by atoms with E-state index in [9.17, 15) is 25.6 Å². The minimum atomic E-state index is -4.10. The molecule has 164 valence electrons. The van der Waals surface area contributed by atoms with Gasteiger partial charge in [-0.3, -0.25) is 0 Å². The first kappa shape index (κ1) is 23.1. The van der Waals surface area contributed by atoms with Gasteiger partial charge in [-0.05, 0) is 74.1 Å². The van der Waals surface area contributed by atoms with E-state index < -0.39 is 36.2 Å². The summed E-state index contributed by atoms with van der Waals surface area (Å²) in [4.78, 5) is -0.0247. The van der Waals surface area contributed by atoms with Crippen LogP contribution in [0.2, 0.25) is 5.02 Å². The van der Waals surface area contributed by atoms with Crippen LogP contribution >= 0.6 is 11.6 Å². The standard InChI is InChI=1S/C20H22ClF2NO4S2/c1-29(25,26)24-13-14-8-10-20(11-9-14,18-12-16(22)4-7-19(18)23)30(27,28)17-5-2-15(21)3-6-17/h2-7,12,14,24H,8-11,13H2,1H3. The van der Waals surface area contributed by atoms with Crippen LogP contribution in [0.3, 0.4) is 0 Å². The predicted molar refractivity (Wildman–Crippen MR) is 111 cm³/mol. The van der Waals surface area contributed by atoms with Crippen molar-refractivity contribution in [3.05, 3.63) is 64.7 Å². The Kier molecular flexibility index (Phi) is 6.57. The van der Waals surface area contributed by atoms with E-state index in [1.54, 1.807) is 0 Å². The molecular weight excluding hydrogens is 456 g/mol. The number of sulfonamides is 1. The van der Waals surface area contributed by atoms with Crippen molar-refractivity contribution >= 4 is 31.5 Å². The van der Waals surface area contributed by atoms with Gasteiger partial charge in [0.15, 0.2) is 9.84 Å². The molecule has 1 saturated carbocycles. The zero-order valence-electron chi connectivity index (χ0n) is 16.2. The summed E-state index contributed by atoms with van der Waals surface area (Å²) in [6.07, 6.45) is 1.80. The van der Waals surface area contributed by atoms with Crippen LogP contribution in [0.25, 0.3) is 0 Å². The summed E-state index contributed by atoms with van der Waals surface area (Å²) in [5.74, 6) is -1.62. The Morgan fingerprint density at radius 3 is 2.20 bits per heavy atom. The second kappa shape index (κ2) is 8.53. The molecule has 0 unspecified atom stereocenters. The second-order valence-electron chi connectivity index (χ2n) is 7.64. The van der Waals surface area contributed by atoms with Crippen LogP contribution in [0, 0.1) is 17.6 Å². The van der Waals surface area contributed by atoms with E-state index in [-0.39, 0.29) is 35.8 Å². The molecule has 30 heavy (non-hydrogen) atoms. The number of sulfone groups is 1. The van der Waals surface area contributed by atoms with Gasteiger partial charge in [0.25, 0.3) is 0 Å². The van der Waals surface area contributed by atoms with Crippen LogP contribution < -0.4 is 4.72 Å².